The van der Waals surface area contributed by atoms with Crippen LogP contribution in [0.5, 0.6) is 0 Å². The van der Waals surface area contributed by atoms with Gasteiger partial charge in [-0.1, -0.05) is 0 Å². The maximum Gasteiger partial charge on any atom is 0.254 e. The molecule has 102 valence electrons. The quantitative estimate of drug-likeness (QED) is 0.758. The molecule has 0 aliphatic heterocycles. The third-order valence-electron chi connectivity index (χ3n) is 3.21. The van der Waals surface area contributed by atoms with Gasteiger partial charge < -0.3 is 10.3 Å². The van der Waals surface area contributed by atoms with Gasteiger partial charge in [0.05, 0.1) is 17.0 Å². The molecule has 0 unspecified atom stereocenters. The Kier molecular flexibility index (Phi) is 2.98. The molecular weight excluding hydrogens is 254 g/mol. The van der Waals surface area contributed by atoms with Crippen LogP contribution in [-0.4, -0.2) is 25.5 Å². The topological polar surface area (TPSA) is 75.1 Å². The van der Waals surface area contributed by atoms with Crippen molar-refractivity contribution in [3.05, 3.63) is 53.2 Å². The summed E-state index contributed by atoms with van der Waals surface area (Å²) in [6, 6.07) is 3.81. The number of rotatable bonds is 3. The minimum absolute atomic E-state index is 0.147. The van der Waals surface area contributed by atoms with Crippen LogP contribution in [0.15, 0.2) is 30.7 Å². The van der Waals surface area contributed by atoms with E-state index in [2.05, 4.69) is 20.4 Å². The van der Waals surface area contributed by atoms with Crippen LogP contribution in [0, 0.1) is 13.8 Å². The van der Waals surface area contributed by atoms with Crippen LogP contribution in [0.2, 0.25) is 0 Å². The van der Waals surface area contributed by atoms with Gasteiger partial charge in [-0.25, -0.2) is 9.50 Å². The standard InChI is InChI=1S/C14H15N5O/c1-9-5-13-16-8-12(10(2)19(13)18-9)14(20)17-7-11-3-4-15-6-11/h3-6,8,15H,7H2,1-2H3,(H,17,20). The number of carbonyl (C=O) groups excluding carboxylic acids is 1. The Morgan fingerprint density at radius 2 is 2.30 bits per heavy atom. The van der Waals surface area contributed by atoms with Gasteiger partial charge in [0.1, 0.15) is 0 Å². The molecule has 3 aromatic heterocycles. The predicted octanol–water partition coefficient (Wildman–Crippen LogP) is 1.60. The minimum atomic E-state index is -0.147. The average Bonchev–Trinajstić information content (AvgIpc) is 3.05. The molecule has 0 atom stereocenters. The zero-order valence-corrected chi connectivity index (χ0v) is 11.3. The van der Waals surface area contributed by atoms with E-state index in [4.69, 9.17) is 0 Å². The fourth-order valence-electron chi connectivity index (χ4n) is 2.13. The van der Waals surface area contributed by atoms with E-state index in [1.165, 1.54) is 0 Å². The second kappa shape index (κ2) is 4.80. The third kappa shape index (κ3) is 2.16. The fourth-order valence-corrected chi connectivity index (χ4v) is 2.13. The molecule has 6 heteroatoms. The van der Waals surface area contributed by atoms with Crippen LogP contribution in [0.4, 0.5) is 0 Å². The molecule has 0 aliphatic rings. The first-order valence-electron chi connectivity index (χ1n) is 6.37. The van der Waals surface area contributed by atoms with Crippen molar-refractivity contribution < 1.29 is 4.79 Å². The number of carbonyl (C=O) groups is 1. The van der Waals surface area contributed by atoms with Crippen molar-refractivity contribution in [1.82, 2.24) is 24.9 Å². The summed E-state index contributed by atoms with van der Waals surface area (Å²) >= 11 is 0. The van der Waals surface area contributed by atoms with Gasteiger partial charge in [0, 0.05) is 31.2 Å². The number of hydrogen-bond donors (Lipinski definition) is 2. The lowest BCUT2D eigenvalue weighted by molar-refractivity contribution is 0.0949. The summed E-state index contributed by atoms with van der Waals surface area (Å²) < 4.78 is 1.69. The van der Waals surface area contributed by atoms with E-state index >= 15 is 0 Å². The summed E-state index contributed by atoms with van der Waals surface area (Å²) in [5, 5.41) is 7.21. The summed E-state index contributed by atoms with van der Waals surface area (Å²) in [5.41, 5.74) is 3.98. The van der Waals surface area contributed by atoms with Crippen molar-refractivity contribution in [2.75, 3.05) is 0 Å². The Bertz CT molecular complexity index is 757. The van der Waals surface area contributed by atoms with Gasteiger partial charge in [0.2, 0.25) is 0 Å². The molecule has 0 aromatic carbocycles. The van der Waals surface area contributed by atoms with E-state index in [9.17, 15) is 4.79 Å². The normalized spacial score (nSPS) is 10.9. The van der Waals surface area contributed by atoms with Crippen molar-refractivity contribution in [3.8, 4) is 0 Å². The molecule has 6 nitrogen and oxygen atoms in total. The van der Waals surface area contributed by atoms with Crippen molar-refractivity contribution in [3.63, 3.8) is 0 Å². The van der Waals surface area contributed by atoms with Crippen molar-refractivity contribution in [2.45, 2.75) is 20.4 Å². The highest BCUT2D eigenvalue weighted by Crippen LogP contribution is 2.11. The second-order valence-electron chi connectivity index (χ2n) is 4.71. The summed E-state index contributed by atoms with van der Waals surface area (Å²) in [6.07, 6.45) is 5.27. The van der Waals surface area contributed by atoms with E-state index in [0.29, 0.717) is 12.1 Å². The molecule has 20 heavy (non-hydrogen) atoms. The van der Waals surface area contributed by atoms with Crippen LogP contribution in [0.3, 0.4) is 0 Å². The fraction of sp³-hybridized carbons (Fsp3) is 0.214. The van der Waals surface area contributed by atoms with Crippen LogP contribution in [0.25, 0.3) is 5.65 Å². The predicted molar refractivity (Wildman–Crippen MR) is 74.4 cm³/mol. The second-order valence-corrected chi connectivity index (χ2v) is 4.71. The molecule has 3 heterocycles. The van der Waals surface area contributed by atoms with Gasteiger partial charge in [0.15, 0.2) is 5.65 Å². The number of amides is 1. The van der Waals surface area contributed by atoms with Crippen molar-refractivity contribution in [1.29, 1.82) is 0 Å². The Labute approximate surface area is 115 Å². The van der Waals surface area contributed by atoms with Crippen LogP contribution in [-0.2, 0) is 6.54 Å². The van der Waals surface area contributed by atoms with Crippen molar-refractivity contribution >= 4 is 11.6 Å². The molecule has 0 spiro atoms. The summed E-state index contributed by atoms with van der Waals surface area (Å²) in [4.78, 5) is 19.4. The molecule has 0 bridgehead atoms. The van der Waals surface area contributed by atoms with Gasteiger partial charge in [-0.2, -0.15) is 5.10 Å². The smallest absolute Gasteiger partial charge is 0.254 e. The van der Waals surface area contributed by atoms with Gasteiger partial charge in [0.25, 0.3) is 5.91 Å². The molecule has 2 N–H and O–H groups in total. The van der Waals surface area contributed by atoms with Gasteiger partial charge in [-0.15, -0.1) is 0 Å². The van der Waals surface area contributed by atoms with Crippen LogP contribution >= 0.6 is 0 Å². The number of nitrogens with one attached hydrogen (secondary N) is 2. The summed E-state index contributed by atoms with van der Waals surface area (Å²) in [7, 11) is 0. The number of aromatic nitrogens is 4. The molecule has 1 amide bonds. The number of aryl methyl sites for hydroxylation is 2. The van der Waals surface area contributed by atoms with E-state index < -0.39 is 0 Å². The Morgan fingerprint density at radius 1 is 1.45 bits per heavy atom. The SMILES string of the molecule is Cc1cc2ncc(C(=O)NCc3cc[nH]c3)c(C)n2n1. The summed E-state index contributed by atoms with van der Waals surface area (Å²) in [6.45, 7) is 4.25. The minimum Gasteiger partial charge on any atom is -0.367 e. The van der Waals surface area contributed by atoms with E-state index in [0.717, 1.165) is 22.6 Å². The third-order valence-corrected chi connectivity index (χ3v) is 3.21. The molecule has 3 aromatic rings. The monoisotopic (exact) mass is 269 g/mol. The Balaban J connectivity index is 1.85. The summed E-state index contributed by atoms with van der Waals surface area (Å²) in [5.74, 6) is -0.147. The molecule has 0 aliphatic carbocycles. The number of H-pyrrole nitrogens is 1. The maximum atomic E-state index is 12.2. The molecular formula is C14H15N5O. The zero-order chi connectivity index (χ0) is 14.1. The van der Waals surface area contributed by atoms with Crippen LogP contribution < -0.4 is 5.32 Å². The van der Waals surface area contributed by atoms with Crippen molar-refractivity contribution in [2.24, 2.45) is 0 Å². The first-order chi connectivity index (χ1) is 9.65. The largest absolute Gasteiger partial charge is 0.367 e. The molecule has 0 saturated carbocycles. The van der Waals surface area contributed by atoms with E-state index in [1.807, 2.05) is 38.4 Å². The first kappa shape index (κ1) is 12.4. The maximum absolute atomic E-state index is 12.2. The first-order valence-corrected chi connectivity index (χ1v) is 6.37. The van der Waals surface area contributed by atoms with Gasteiger partial charge >= 0.3 is 0 Å². The number of hydrogen-bond acceptors (Lipinski definition) is 3. The highest BCUT2D eigenvalue weighted by molar-refractivity contribution is 5.95. The average molecular weight is 269 g/mol. The highest BCUT2D eigenvalue weighted by Gasteiger charge is 2.13. The number of nitrogens with zero attached hydrogens (tertiary/aromatic N) is 3. The number of aromatic amines is 1. The molecule has 3 rings (SSSR count). The van der Waals surface area contributed by atoms with Gasteiger partial charge in [-0.3, -0.25) is 4.79 Å². The Morgan fingerprint density at radius 3 is 3.05 bits per heavy atom. The number of fused-ring (bicyclic) bond motifs is 1. The Hall–Kier alpha value is -2.63. The van der Waals surface area contributed by atoms with E-state index in [1.54, 1.807) is 10.7 Å². The lowest BCUT2D eigenvalue weighted by Gasteiger charge is -2.07. The molecule has 0 fully saturated rings. The van der Waals surface area contributed by atoms with E-state index in [-0.39, 0.29) is 5.91 Å². The zero-order valence-electron chi connectivity index (χ0n) is 11.3. The lowest BCUT2D eigenvalue weighted by Crippen LogP contribution is -2.24. The highest BCUT2D eigenvalue weighted by atomic mass is 16.1. The van der Waals surface area contributed by atoms with Crippen LogP contribution in [0.1, 0.15) is 27.3 Å². The molecule has 0 saturated heterocycles. The lowest BCUT2D eigenvalue weighted by atomic mass is 10.2. The van der Waals surface area contributed by atoms with Gasteiger partial charge in [-0.05, 0) is 25.5 Å². The molecule has 0 radical (unpaired) electrons.